The number of carbonyl (C=O) groups excluding carboxylic acids is 1. The number of nitrogens with zero attached hydrogens (tertiary/aromatic N) is 3. The molecule has 14 heteroatoms. The van der Waals surface area contributed by atoms with E-state index in [4.69, 9.17) is 35.7 Å². The Kier molecular flexibility index (Phi) is 8.52. The van der Waals surface area contributed by atoms with Crippen LogP contribution in [0, 0.1) is 5.82 Å². The lowest BCUT2D eigenvalue weighted by atomic mass is 10.2. The lowest BCUT2D eigenvalue weighted by Crippen LogP contribution is -2.28. The minimum absolute atomic E-state index is 0.0357. The van der Waals surface area contributed by atoms with E-state index in [1.807, 2.05) is 0 Å². The zero-order valence-corrected chi connectivity index (χ0v) is 22.0. The number of methoxy groups -OCH3 is 3. The average Bonchev–Trinajstić information content (AvgIpc) is 3.26. The van der Waals surface area contributed by atoms with Crippen LogP contribution in [-0.4, -0.2) is 65.0 Å². The molecule has 2 aromatic carbocycles. The molecule has 0 atom stereocenters. The summed E-state index contributed by atoms with van der Waals surface area (Å²) >= 11 is 6.54. The maximum Gasteiger partial charge on any atom is 0.332 e. The van der Waals surface area contributed by atoms with E-state index in [0.717, 1.165) is 0 Å². The number of aromatic amines is 1. The Bertz CT molecular complexity index is 1570. The van der Waals surface area contributed by atoms with Crippen molar-refractivity contribution in [3.05, 3.63) is 63.0 Å². The summed E-state index contributed by atoms with van der Waals surface area (Å²) in [5.41, 5.74) is -0.00334. The summed E-state index contributed by atoms with van der Waals surface area (Å²) in [6.45, 7) is -0.369. The Morgan fingerprint density at radius 1 is 1.13 bits per heavy atom. The van der Waals surface area contributed by atoms with E-state index in [0.29, 0.717) is 5.75 Å². The van der Waals surface area contributed by atoms with E-state index in [-0.39, 0.29) is 76.8 Å². The number of carbonyl (C=O) groups is 1. The number of amides is 1. The van der Waals surface area contributed by atoms with E-state index >= 15 is 0 Å². The van der Waals surface area contributed by atoms with E-state index in [9.17, 15) is 14.0 Å². The number of aromatic nitrogens is 4. The van der Waals surface area contributed by atoms with Crippen molar-refractivity contribution in [1.29, 1.82) is 0 Å². The molecule has 0 unspecified atom stereocenters. The van der Waals surface area contributed by atoms with E-state index in [1.54, 1.807) is 6.07 Å². The van der Waals surface area contributed by atoms with Crippen LogP contribution in [0.3, 0.4) is 0 Å². The molecule has 1 amide bonds. The number of hydrogen-bond donors (Lipinski definition) is 3. The Morgan fingerprint density at radius 2 is 1.90 bits per heavy atom. The van der Waals surface area contributed by atoms with Gasteiger partial charge in [0.1, 0.15) is 29.5 Å². The van der Waals surface area contributed by atoms with E-state index < -0.39 is 17.4 Å². The van der Waals surface area contributed by atoms with Crippen molar-refractivity contribution in [3.8, 4) is 28.8 Å². The number of hydrogen-bond acceptors (Lipinski definition) is 9. The Balaban J connectivity index is 1.79. The summed E-state index contributed by atoms with van der Waals surface area (Å²) in [5, 5.41) is 11.6. The molecule has 0 radical (unpaired) electrons. The van der Waals surface area contributed by atoms with Gasteiger partial charge in [0.15, 0.2) is 17.1 Å². The number of aliphatic hydroxyl groups is 1. The van der Waals surface area contributed by atoms with Gasteiger partial charge >= 0.3 is 5.69 Å². The molecule has 0 spiro atoms. The summed E-state index contributed by atoms with van der Waals surface area (Å²) in [5.74, 6) is -0.154. The molecule has 206 valence electrons. The monoisotopic (exact) mass is 561 g/mol. The van der Waals surface area contributed by atoms with Gasteiger partial charge in [-0.1, -0.05) is 17.7 Å². The minimum Gasteiger partial charge on any atom is -0.496 e. The molecular weight excluding hydrogens is 537 g/mol. The van der Waals surface area contributed by atoms with Gasteiger partial charge in [-0.3, -0.25) is 9.78 Å². The van der Waals surface area contributed by atoms with Crippen molar-refractivity contribution in [2.75, 3.05) is 34.5 Å². The van der Waals surface area contributed by atoms with Gasteiger partial charge in [-0.25, -0.2) is 18.7 Å². The number of fused-ring (bicyclic) bond motifs is 1. The Hall–Kier alpha value is -4.36. The van der Waals surface area contributed by atoms with Gasteiger partial charge in [-0.2, -0.15) is 4.98 Å². The zero-order chi connectivity index (χ0) is 28.1. The van der Waals surface area contributed by atoms with Crippen molar-refractivity contribution in [3.63, 3.8) is 0 Å². The smallest absolute Gasteiger partial charge is 0.332 e. The highest BCUT2D eigenvalue weighted by Crippen LogP contribution is 2.37. The van der Waals surface area contributed by atoms with Crippen LogP contribution in [0.5, 0.6) is 23.1 Å². The van der Waals surface area contributed by atoms with Crippen LogP contribution in [0.15, 0.2) is 35.1 Å². The summed E-state index contributed by atoms with van der Waals surface area (Å²) in [7, 11) is 4.19. The lowest BCUT2D eigenvalue weighted by Gasteiger charge is -2.16. The number of H-pyrrole nitrogens is 1. The second-order valence-corrected chi connectivity index (χ2v) is 8.43. The van der Waals surface area contributed by atoms with Gasteiger partial charge in [0.25, 0.3) is 0 Å². The molecule has 4 aromatic rings. The molecule has 0 saturated carbocycles. The largest absolute Gasteiger partial charge is 0.496 e. The number of ether oxygens (including phenoxy) is 4. The normalized spacial score (nSPS) is 10.9. The molecule has 0 saturated heterocycles. The molecule has 4 rings (SSSR count). The first-order valence-electron chi connectivity index (χ1n) is 11.6. The van der Waals surface area contributed by atoms with Crippen LogP contribution < -0.4 is 30.0 Å². The molecule has 0 bridgehead atoms. The standard InChI is InChI=1S/C25H25ClFN5O7/c1-36-17-6-4-5-15(27)13(17)12-39-19-10-16(14(26)9-18(19)37-2)32-23-22(31-25(32)35)24(38-3)30-20(29-23)11-21(34)28-7-8-33/h4-6,9-10,33H,7-8,11-12H2,1-3H3,(H,28,34)(H,31,35). The number of aliphatic hydroxyl groups excluding tert-OH is 1. The van der Waals surface area contributed by atoms with Gasteiger partial charge in [0, 0.05) is 18.7 Å². The topological polar surface area (TPSA) is 150 Å². The summed E-state index contributed by atoms with van der Waals surface area (Å²) in [6, 6.07) is 7.30. The number of rotatable bonds is 11. The number of halogens is 2. The van der Waals surface area contributed by atoms with Crippen LogP contribution >= 0.6 is 11.6 Å². The van der Waals surface area contributed by atoms with Crippen molar-refractivity contribution >= 4 is 28.7 Å². The fraction of sp³-hybridized carbons (Fsp3) is 0.280. The summed E-state index contributed by atoms with van der Waals surface area (Å²) in [4.78, 5) is 36.5. The number of nitrogens with one attached hydrogen (secondary N) is 2. The third kappa shape index (κ3) is 5.73. The minimum atomic E-state index is -0.617. The van der Waals surface area contributed by atoms with Crippen LogP contribution in [0.1, 0.15) is 11.4 Å². The molecule has 0 aliphatic rings. The molecule has 12 nitrogen and oxygen atoms in total. The highest BCUT2D eigenvalue weighted by atomic mass is 35.5. The first kappa shape index (κ1) is 27.7. The zero-order valence-electron chi connectivity index (χ0n) is 21.2. The molecule has 0 fully saturated rings. The molecular formula is C25H25ClFN5O7. The van der Waals surface area contributed by atoms with Gasteiger partial charge in [-0.15, -0.1) is 0 Å². The van der Waals surface area contributed by atoms with E-state index in [2.05, 4.69) is 20.3 Å². The second kappa shape index (κ2) is 12.0. The first-order chi connectivity index (χ1) is 18.8. The fourth-order valence-corrected chi connectivity index (χ4v) is 4.08. The van der Waals surface area contributed by atoms with Gasteiger partial charge in [-0.05, 0) is 12.1 Å². The Morgan fingerprint density at radius 3 is 2.59 bits per heavy atom. The maximum atomic E-state index is 14.5. The van der Waals surface area contributed by atoms with Crippen molar-refractivity contribution < 1.29 is 33.2 Å². The Labute approximate surface area is 226 Å². The molecule has 2 aromatic heterocycles. The highest BCUT2D eigenvalue weighted by Gasteiger charge is 2.22. The molecule has 0 aliphatic carbocycles. The lowest BCUT2D eigenvalue weighted by molar-refractivity contribution is -0.120. The molecule has 2 heterocycles. The van der Waals surface area contributed by atoms with Crippen LogP contribution in [0.2, 0.25) is 5.02 Å². The van der Waals surface area contributed by atoms with E-state index in [1.165, 1.54) is 50.2 Å². The predicted octanol–water partition coefficient (Wildman–Crippen LogP) is 2.16. The molecule has 0 aliphatic heterocycles. The quantitative estimate of drug-likeness (QED) is 0.250. The van der Waals surface area contributed by atoms with Crippen LogP contribution in [0.4, 0.5) is 4.39 Å². The second-order valence-electron chi connectivity index (χ2n) is 8.03. The van der Waals surface area contributed by atoms with Crippen LogP contribution in [-0.2, 0) is 17.8 Å². The third-order valence-corrected chi connectivity index (χ3v) is 5.94. The third-order valence-electron chi connectivity index (χ3n) is 5.64. The predicted molar refractivity (Wildman–Crippen MR) is 139 cm³/mol. The van der Waals surface area contributed by atoms with Crippen LogP contribution in [0.25, 0.3) is 16.9 Å². The highest BCUT2D eigenvalue weighted by molar-refractivity contribution is 6.32. The van der Waals surface area contributed by atoms with Gasteiger partial charge < -0.3 is 29.4 Å². The SMILES string of the molecule is COc1cc(Cl)c(-n2c(=O)[nH]c3c(OC)nc(CC(=O)NCCO)nc32)cc1OCc1c(F)cccc1OC. The van der Waals surface area contributed by atoms with Crippen molar-refractivity contribution in [2.24, 2.45) is 0 Å². The van der Waals surface area contributed by atoms with Crippen molar-refractivity contribution in [2.45, 2.75) is 13.0 Å². The summed E-state index contributed by atoms with van der Waals surface area (Å²) in [6.07, 6.45) is -0.235. The maximum absolute atomic E-state index is 14.5. The number of imidazole rings is 1. The summed E-state index contributed by atoms with van der Waals surface area (Å²) < 4.78 is 37.4. The average molecular weight is 562 g/mol. The van der Waals surface area contributed by atoms with Gasteiger partial charge in [0.05, 0.1) is 50.6 Å². The van der Waals surface area contributed by atoms with Gasteiger partial charge in [0.2, 0.25) is 11.8 Å². The fourth-order valence-electron chi connectivity index (χ4n) is 3.84. The molecule has 3 N–H and O–H groups in total. The number of benzene rings is 2. The first-order valence-corrected chi connectivity index (χ1v) is 11.9. The molecule has 39 heavy (non-hydrogen) atoms. The van der Waals surface area contributed by atoms with Crippen molar-refractivity contribution in [1.82, 2.24) is 24.8 Å².